The average Bonchev–Trinajstić information content (AvgIpc) is 2.15. The molecule has 0 saturated carbocycles. The highest BCUT2D eigenvalue weighted by molar-refractivity contribution is 7.99. The van der Waals surface area contributed by atoms with E-state index in [9.17, 15) is 0 Å². The van der Waals surface area contributed by atoms with Gasteiger partial charge in [-0.05, 0) is 51.2 Å². The van der Waals surface area contributed by atoms with Crippen molar-refractivity contribution in [2.75, 3.05) is 19.3 Å². The maximum Gasteiger partial charge on any atom is 0.0101 e. The predicted octanol–water partition coefficient (Wildman–Crippen LogP) is 3.01. The molecule has 1 aromatic rings. The Kier molecular flexibility index (Phi) is 5.05. The largest absolute Gasteiger partial charge is 0.320 e. The molecule has 0 bridgehead atoms. The molecule has 0 atom stereocenters. The Morgan fingerprint density at radius 3 is 2.71 bits per heavy atom. The molecule has 1 aromatic carbocycles. The Balaban J connectivity index is 2.42. The molecule has 0 aliphatic carbocycles. The fourth-order valence-corrected chi connectivity index (χ4v) is 2.35. The van der Waals surface area contributed by atoms with Gasteiger partial charge in [-0.1, -0.05) is 17.7 Å². The van der Waals surface area contributed by atoms with E-state index in [0.29, 0.717) is 0 Å². The second-order valence-corrected chi connectivity index (χ2v) is 4.71. The molecule has 0 spiro atoms. The van der Waals surface area contributed by atoms with Crippen molar-refractivity contribution in [2.45, 2.75) is 25.2 Å². The van der Waals surface area contributed by atoms with Gasteiger partial charge in [-0.25, -0.2) is 0 Å². The number of thioether (sulfide) groups is 1. The van der Waals surface area contributed by atoms with Crippen molar-refractivity contribution in [2.24, 2.45) is 0 Å². The molecule has 0 fully saturated rings. The number of nitrogens with one attached hydrogen (secondary N) is 1. The molecule has 0 aromatic heterocycles. The molecule has 1 N–H and O–H groups in total. The molecule has 0 radical (unpaired) electrons. The molecule has 14 heavy (non-hydrogen) atoms. The second-order valence-electron chi connectivity index (χ2n) is 3.57. The fraction of sp³-hybridized carbons (Fsp3) is 0.500. The first-order chi connectivity index (χ1) is 6.74. The van der Waals surface area contributed by atoms with Crippen molar-refractivity contribution in [3.63, 3.8) is 0 Å². The lowest BCUT2D eigenvalue weighted by atomic mass is 10.2. The van der Waals surface area contributed by atoms with E-state index in [1.165, 1.54) is 28.2 Å². The van der Waals surface area contributed by atoms with Crippen molar-refractivity contribution in [1.82, 2.24) is 5.32 Å². The van der Waals surface area contributed by atoms with E-state index >= 15 is 0 Å². The summed E-state index contributed by atoms with van der Waals surface area (Å²) in [5, 5.41) is 3.16. The van der Waals surface area contributed by atoms with Gasteiger partial charge in [0.1, 0.15) is 0 Å². The monoisotopic (exact) mass is 209 g/mol. The molecule has 2 heteroatoms. The van der Waals surface area contributed by atoms with Gasteiger partial charge in [0.05, 0.1) is 0 Å². The summed E-state index contributed by atoms with van der Waals surface area (Å²) in [4.78, 5) is 1.42. The molecule has 1 nitrogen and oxygen atoms in total. The van der Waals surface area contributed by atoms with E-state index in [1.807, 2.05) is 18.8 Å². The first-order valence-corrected chi connectivity index (χ1v) is 6.07. The molecular formula is C12H19NS. The summed E-state index contributed by atoms with van der Waals surface area (Å²) >= 11 is 1.96. The van der Waals surface area contributed by atoms with Crippen LogP contribution in [0.5, 0.6) is 0 Å². The van der Waals surface area contributed by atoms with E-state index in [2.05, 4.69) is 37.4 Å². The Morgan fingerprint density at radius 1 is 1.29 bits per heavy atom. The molecule has 1 rings (SSSR count). The number of aryl methyl sites for hydroxylation is 2. The summed E-state index contributed by atoms with van der Waals surface area (Å²) in [6.07, 6.45) is 1.23. The third-order valence-electron chi connectivity index (χ3n) is 2.16. The molecule has 0 unspecified atom stereocenters. The molecule has 0 amide bonds. The molecule has 0 saturated heterocycles. The van der Waals surface area contributed by atoms with Crippen LogP contribution in [0.25, 0.3) is 0 Å². The van der Waals surface area contributed by atoms with Gasteiger partial charge >= 0.3 is 0 Å². The van der Waals surface area contributed by atoms with Crippen LogP contribution in [0.4, 0.5) is 0 Å². The van der Waals surface area contributed by atoms with E-state index in [0.717, 1.165) is 6.54 Å². The second kappa shape index (κ2) is 6.10. The van der Waals surface area contributed by atoms with Crippen molar-refractivity contribution >= 4 is 11.8 Å². The van der Waals surface area contributed by atoms with Crippen LogP contribution in [0.3, 0.4) is 0 Å². The van der Waals surface area contributed by atoms with Crippen LogP contribution in [-0.4, -0.2) is 19.3 Å². The minimum atomic E-state index is 1.11. The SMILES string of the molecule is CNCCCSc1ccc(C)cc1C. The summed E-state index contributed by atoms with van der Waals surface area (Å²) in [6.45, 7) is 5.44. The predicted molar refractivity (Wildman–Crippen MR) is 65.2 cm³/mol. The van der Waals surface area contributed by atoms with Crippen LogP contribution < -0.4 is 5.32 Å². The van der Waals surface area contributed by atoms with E-state index < -0.39 is 0 Å². The summed E-state index contributed by atoms with van der Waals surface area (Å²) in [6, 6.07) is 6.67. The standard InChI is InChI=1S/C12H19NS/c1-10-5-6-12(11(2)9-10)14-8-4-7-13-3/h5-6,9,13H,4,7-8H2,1-3H3. The Hall–Kier alpha value is -0.470. The highest BCUT2D eigenvalue weighted by Gasteiger charge is 1.98. The van der Waals surface area contributed by atoms with Crippen LogP contribution >= 0.6 is 11.8 Å². The van der Waals surface area contributed by atoms with Gasteiger partial charge in [0, 0.05) is 4.90 Å². The zero-order valence-corrected chi connectivity index (χ0v) is 10.1. The highest BCUT2D eigenvalue weighted by Crippen LogP contribution is 2.23. The van der Waals surface area contributed by atoms with Gasteiger partial charge in [0.15, 0.2) is 0 Å². The highest BCUT2D eigenvalue weighted by atomic mass is 32.2. The normalized spacial score (nSPS) is 10.5. The molecular weight excluding hydrogens is 190 g/mol. The van der Waals surface area contributed by atoms with Crippen molar-refractivity contribution in [1.29, 1.82) is 0 Å². The zero-order chi connectivity index (χ0) is 10.4. The van der Waals surface area contributed by atoms with Gasteiger partial charge in [-0.15, -0.1) is 11.8 Å². The lowest BCUT2D eigenvalue weighted by molar-refractivity contribution is 0.778. The maximum atomic E-state index is 3.16. The summed E-state index contributed by atoms with van der Waals surface area (Å²) in [5.41, 5.74) is 2.75. The lowest BCUT2D eigenvalue weighted by Gasteiger charge is -2.06. The van der Waals surface area contributed by atoms with E-state index in [1.54, 1.807) is 0 Å². The maximum absolute atomic E-state index is 3.16. The Bertz CT molecular complexity index is 284. The third kappa shape index (κ3) is 3.72. The van der Waals surface area contributed by atoms with Crippen LogP contribution in [0.1, 0.15) is 17.5 Å². The minimum absolute atomic E-state index is 1.11. The fourth-order valence-electron chi connectivity index (χ4n) is 1.39. The number of hydrogen-bond donors (Lipinski definition) is 1. The smallest absolute Gasteiger partial charge is 0.0101 e. The van der Waals surface area contributed by atoms with Crippen LogP contribution in [0.15, 0.2) is 23.1 Å². The van der Waals surface area contributed by atoms with Crippen molar-refractivity contribution in [3.8, 4) is 0 Å². The number of hydrogen-bond acceptors (Lipinski definition) is 2. The molecule has 0 aliphatic heterocycles. The van der Waals surface area contributed by atoms with Gasteiger partial charge in [-0.3, -0.25) is 0 Å². The molecule has 78 valence electrons. The summed E-state index contributed by atoms with van der Waals surface area (Å²) < 4.78 is 0. The third-order valence-corrected chi connectivity index (χ3v) is 3.42. The summed E-state index contributed by atoms with van der Waals surface area (Å²) in [7, 11) is 2.00. The van der Waals surface area contributed by atoms with Crippen molar-refractivity contribution in [3.05, 3.63) is 29.3 Å². The molecule has 0 heterocycles. The first kappa shape index (κ1) is 11.6. The topological polar surface area (TPSA) is 12.0 Å². The van der Waals surface area contributed by atoms with Gasteiger partial charge in [0.25, 0.3) is 0 Å². The number of benzene rings is 1. The minimum Gasteiger partial charge on any atom is -0.320 e. The molecule has 0 aliphatic rings. The van der Waals surface area contributed by atoms with Gasteiger partial charge in [0.2, 0.25) is 0 Å². The number of rotatable bonds is 5. The van der Waals surface area contributed by atoms with Crippen LogP contribution in [0, 0.1) is 13.8 Å². The zero-order valence-electron chi connectivity index (χ0n) is 9.26. The quantitative estimate of drug-likeness (QED) is 0.591. The van der Waals surface area contributed by atoms with Crippen LogP contribution in [-0.2, 0) is 0 Å². The van der Waals surface area contributed by atoms with Crippen LogP contribution in [0.2, 0.25) is 0 Å². The first-order valence-electron chi connectivity index (χ1n) is 5.08. The van der Waals surface area contributed by atoms with Gasteiger partial charge < -0.3 is 5.32 Å². The van der Waals surface area contributed by atoms with E-state index in [-0.39, 0.29) is 0 Å². The Morgan fingerprint density at radius 2 is 2.07 bits per heavy atom. The van der Waals surface area contributed by atoms with Gasteiger partial charge in [-0.2, -0.15) is 0 Å². The van der Waals surface area contributed by atoms with E-state index in [4.69, 9.17) is 0 Å². The Labute approximate surface area is 91.3 Å². The average molecular weight is 209 g/mol. The van der Waals surface area contributed by atoms with Crippen molar-refractivity contribution < 1.29 is 0 Å². The summed E-state index contributed by atoms with van der Waals surface area (Å²) in [5.74, 6) is 1.20. The lowest BCUT2D eigenvalue weighted by Crippen LogP contribution is -2.08.